The van der Waals surface area contributed by atoms with Crippen molar-refractivity contribution in [2.24, 2.45) is 0 Å². The maximum atomic E-state index is 10.0. The van der Waals surface area contributed by atoms with Crippen LogP contribution in [0.4, 0.5) is 0 Å². The first-order chi connectivity index (χ1) is 5.02. The summed E-state index contributed by atoms with van der Waals surface area (Å²) in [5, 5.41) is 9.56. The third-order valence-electron chi connectivity index (χ3n) is 1.77. The lowest BCUT2D eigenvalue weighted by atomic mass is 9.95. The number of rotatable bonds is 4. The molecule has 0 aliphatic rings. The molecule has 0 heterocycles. The van der Waals surface area contributed by atoms with Gasteiger partial charge >= 0.3 is 0 Å². The molecule has 1 atom stereocenters. The van der Waals surface area contributed by atoms with E-state index < -0.39 is 5.60 Å². The highest BCUT2D eigenvalue weighted by atomic mass is 16.3. The Morgan fingerprint density at radius 2 is 2.18 bits per heavy atom. The van der Waals surface area contributed by atoms with Crippen LogP contribution < -0.4 is 0 Å². The molecule has 0 bridgehead atoms. The Labute approximate surface area is 67.9 Å². The lowest BCUT2D eigenvalue weighted by molar-refractivity contribution is -0.104. The van der Waals surface area contributed by atoms with E-state index in [1.807, 2.05) is 13.8 Å². The molecule has 0 saturated heterocycles. The molecule has 0 spiro atoms. The molecule has 0 rings (SSSR count). The highest BCUT2D eigenvalue weighted by Gasteiger charge is 2.17. The minimum Gasteiger partial charge on any atom is -0.390 e. The Morgan fingerprint density at radius 3 is 2.55 bits per heavy atom. The molecule has 2 heteroatoms. The highest BCUT2D eigenvalue weighted by molar-refractivity contribution is 5.65. The second-order valence-corrected chi connectivity index (χ2v) is 3.18. The number of hydrogen-bond acceptors (Lipinski definition) is 2. The van der Waals surface area contributed by atoms with Crippen molar-refractivity contribution in [1.29, 1.82) is 0 Å². The molecule has 1 N–H and O–H groups in total. The number of carbonyl (C=O) groups excluding carboxylic acids is 1. The van der Waals surface area contributed by atoms with Crippen molar-refractivity contribution < 1.29 is 9.90 Å². The van der Waals surface area contributed by atoms with Crippen molar-refractivity contribution in [3.8, 4) is 0 Å². The predicted octanol–water partition coefficient (Wildman–Crippen LogP) is 1.68. The molecule has 11 heavy (non-hydrogen) atoms. The minimum absolute atomic E-state index is 0.572. The zero-order chi connectivity index (χ0) is 8.91. The molecular formula is C9H16O2. The van der Waals surface area contributed by atoms with Crippen LogP contribution in [0.5, 0.6) is 0 Å². The number of aliphatic hydroxyl groups is 1. The Kier molecular flexibility index (Phi) is 4.04. The summed E-state index contributed by atoms with van der Waals surface area (Å²) in [6.45, 7) is 5.54. The van der Waals surface area contributed by atoms with E-state index in [1.54, 1.807) is 6.92 Å². The lowest BCUT2D eigenvalue weighted by Crippen LogP contribution is -2.22. The van der Waals surface area contributed by atoms with Gasteiger partial charge < -0.3 is 5.11 Å². The van der Waals surface area contributed by atoms with E-state index in [2.05, 4.69) is 0 Å². The topological polar surface area (TPSA) is 37.3 Å². The first kappa shape index (κ1) is 10.4. The zero-order valence-electron chi connectivity index (χ0n) is 7.42. The Hall–Kier alpha value is -0.630. The van der Waals surface area contributed by atoms with E-state index >= 15 is 0 Å². The average molecular weight is 156 g/mol. The van der Waals surface area contributed by atoms with E-state index in [0.717, 1.165) is 11.9 Å². The van der Waals surface area contributed by atoms with Crippen LogP contribution in [0.3, 0.4) is 0 Å². The molecule has 2 nitrogen and oxygen atoms in total. The summed E-state index contributed by atoms with van der Waals surface area (Å²) in [6, 6.07) is 0. The van der Waals surface area contributed by atoms with Gasteiger partial charge in [0, 0.05) is 0 Å². The fourth-order valence-electron chi connectivity index (χ4n) is 0.901. The van der Waals surface area contributed by atoms with E-state index in [9.17, 15) is 9.90 Å². The average Bonchev–Trinajstić information content (AvgIpc) is 1.87. The zero-order valence-corrected chi connectivity index (χ0v) is 7.42. The van der Waals surface area contributed by atoms with Gasteiger partial charge in [-0.25, -0.2) is 0 Å². The van der Waals surface area contributed by atoms with Crippen LogP contribution in [0.15, 0.2) is 11.6 Å². The highest BCUT2D eigenvalue weighted by Crippen LogP contribution is 2.18. The summed E-state index contributed by atoms with van der Waals surface area (Å²) in [6.07, 6.45) is 3.52. The number of hydrogen-bond donors (Lipinski definition) is 1. The number of aldehydes is 1. The molecular weight excluding hydrogens is 140 g/mol. The van der Waals surface area contributed by atoms with Gasteiger partial charge in [0.05, 0.1) is 5.60 Å². The fourth-order valence-corrected chi connectivity index (χ4v) is 0.901. The first-order valence-electron chi connectivity index (χ1n) is 3.85. The summed E-state index contributed by atoms with van der Waals surface area (Å²) in [5.41, 5.74) is 0.260. The number of allylic oxidation sites excluding steroid dienone is 1. The summed E-state index contributed by atoms with van der Waals surface area (Å²) in [5.74, 6) is 0. The molecule has 0 amide bonds. The monoisotopic (exact) mass is 156 g/mol. The van der Waals surface area contributed by atoms with Crippen molar-refractivity contribution in [1.82, 2.24) is 0 Å². The van der Waals surface area contributed by atoms with Crippen molar-refractivity contribution in [2.45, 2.75) is 39.2 Å². The second kappa shape index (κ2) is 4.29. The SMILES string of the molecule is CCC(C)(O)CC(C)=CC=O. The van der Waals surface area contributed by atoms with Gasteiger partial charge in [-0.15, -0.1) is 0 Å². The third kappa shape index (κ3) is 4.73. The van der Waals surface area contributed by atoms with Crippen LogP contribution in [0.25, 0.3) is 0 Å². The van der Waals surface area contributed by atoms with Gasteiger partial charge in [-0.2, -0.15) is 0 Å². The second-order valence-electron chi connectivity index (χ2n) is 3.18. The van der Waals surface area contributed by atoms with Crippen LogP contribution >= 0.6 is 0 Å². The molecule has 0 radical (unpaired) electrons. The van der Waals surface area contributed by atoms with Crippen LogP contribution in [-0.4, -0.2) is 17.0 Å². The Balaban J connectivity index is 4.02. The van der Waals surface area contributed by atoms with Crippen LogP contribution in [0.1, 0.15) is 33.6 Å². The summed E-state index contributed by atoms with van der Waals surface area (Å²) in [7, 11) is 0. The minimum atomic E-state index is -0.663. The first-order valence-corrected chi connectivity index (χ1v) is 3.85. The normalized spacial score (nSPS) is 17.6. The summed E-state index contributed by atoms with van der Waals surface area (Å²) in [4.78, 5) is 10.0. The molecule has 64 valence electrons. The molecule has 0 saturated carbocycles. The van der Waals surface area contributed by atoms with Crippen molar-refractivity contribution >= 4 is 6.29 Å². The van der Waals surface area contributed by atoms with Crippen molar-refractivity contribution in [3.63, 3.8) is 0 Å². The standard InChI is InChI=1S/C9H16O2/c1-4-9(3,11)7-8(2)5-6-10/h5-6,11H,4,7H2,1-3H3. The molecule has 0 aromatic carbocycles. The number of carbonyl (C=O) groups is 1. The molecule has 0 fully saturated rings. The quantitative estimate of drug-likeness (QED) is 0.496. The molecule has 1 unspecified atom stereocenters. The van der Waals surface area contributed by atoms with Crippen LogP contribution in [0, 0.1) is 0 Å². The van der Waals surface area contributed by atoms with E-state index in [0.29, 0.717) is 12.8 Å². The van der Waals surface area contributed by atoms with Gasteiger partial charge in [-0.1, -0.05) is 12.5 Å². The van der Waals surface area contributed by atoms with Gasteiger partial charge in [-0.3, -0.25) is 4.79 Å². The summed E-state index contributed by atoms with van der Waals surface area (Å²) >= 11 is 0. The van der Waals surface area contributed by atoms with Gasteiger partial charge in [-0.05, 0) is 32.8 Å². The Morgan fingerprint density at radius 1 is 1.64 bits per heavy atom. The molecule has 0 aromatic heterocycles. The van der Waals surface area contributed by atoms with Gasteiger partial charge in [0.25, 0.3) is 0 Å². The fraction of sp³-hybridized carbons (Fsp3) is 0.667. The van der Waals surface area contributed by atoms with E-state index in [1.165, 1.54) is 6.08 Å². The predicted molar refractivity (Wildman–Crippen MR) is 45.4 cm³/mol. The third-order valence-corrected chi connectivity index (χ3v) is 1.77. The van der Waals surface area contributed by atoms with Gasteiger partial charge in [0.1, 0.15) is 6.29 Å². The molecule has 0 aliphatic heterocycles. The molecule has 0 aliphatic carbocycles. The van der Waals surface area contributed by atoms with Crippen molar-refractivity contribution in [2.75, 3.05) is 0 Å². The van der Waals surface area contributed by atoms with Crippen LogP contribution in [-0.2, 0) is 4.79 Å². The van der Waals surface area contributed by atoms with Crippen molar-refractivity contribution in [3.05, 3.63) is 11.6 Å². The van der Waals surface area contributed by atoms with E-state index in [-0.39, 0.29) is 0 Å². The largest absolute Gasteiger partial charge is 0.390 e. The van der Waals surface area contributed by atoms with Crippen LogP contribution in [0.2, 0.25) is 0 Å². The van der Waals surface area contributed by atoms with Gasteiger partial charge in [0.2, 0.25) is 0 Å². The Bertz CT molecular complexity index is 157. The lowest BCUT2D eigenvalue weighted by Gasteiger charge is -2.20. The maximum Gasteiger partial charge on any atom is 0.142 e. The summed E-state index contributed by atoms with van der Waals surface area (Å²) < 4.78 is 0. The van der Waals surface area contributed by atoms with Gasteiger partial charge in [0.15, 0.2) is 0 Å². The maximum absolute atomic E-state index is 10.0. The van der Waals surface area contributed by atoms with E-state index in [4.69, 9.17) is 0 Å². The smallest absolute Gasteiger partial charge is 0.142 e. The molecule has 0 aromatic rings.